The van der Waals surface area contributed by atoms with Gasteiger partial charge in [0.05, 0.1) is 0 Å². The molecule has 1 radical (unpaired) electrons. The van der Waals surface area contributed by atoms with Gasteiger partial charge in [0.1, 0.15) is 6.67 Å². The molecule has 0 unspecified atom stereocenters. The first-order chi connectivity index (χ1) is 3.00. The zero-order chi connectivity index (χ0) is 4.24. The van der Waals surface area contributed by atoms with Gasteiger partial charge in [0.25, 0.3) is 0 Å². The fraction of sp³-hybridized carbons (Fsp3) is 0.667. The molecule has 1 rings (SSSR count). The summed E-state index contributed by atoms with van der Waals surface area (Å²) in [5.74, 6) is 0. The molecule has 3 heteroatoms. The first-order valence-electron chi connectivity index (χ1n) is 2.03. The summed E-state index contributed by atoms with van der Waals surface area (Å²) >= 11 is 0. The molecule has 0 amide bonds. The van der Waals surface area contributed by atoms with Crippen molar-refractivity contribution in [1.29, 1.82) is 0 Å². The Balaban J connectivity index is 2.00. The summed E-state index contributed by atoms with van der Waals surface area (Å²) in [4.78, 5) is 0. The third kappa shape index (κ3) is 0.931. The van der Waals surface area contributed by atoms with Crippen molar-refractivity contribution in [2.75, 3.05) is 13.1 Å². The average molecular weight is 86.1 g/mol. The predicted octanol–water partition coefficient (Wildman–Crippen LogP) is -1.20. The van der Waals surface area contributed by atoms with E-state index in [9.17, 15) is 0 Å². The van der Waals surface area contributed by atoms with Crippen molar-refractivity contribution in [3.05, 3.63) is 6.67 Å². The van der Waals surface area contributed by atoms with Crippen LogP contribution in [-0.4, -0.2) is 13.1 Å². The van der Waals surface area contributed by atoms with E-state index >= 15 is 0 Å². The van der Waals surface area contributed by atoms with Gasteiger partial charge in [-0.2, -0.15) is 0 Å². The highest BCUT2D eigenvalue weighted by molar-refractivity contribution is 4.61. The minimum Gasteiger partial charge on any atom is -0.297 e. The first-order valence-corrected chi connectivity index (χ1v) is 2.03. The fourth-order valence-corrected chi connectivity index (χ4v) is 0.381. The number of hydrogen-bond acceptors (Lipinski definition) is 3. The minimum atomic E-state index is 0.997. The highest BCUT2D eigenvalue weighted by atomic mass is 15.4. The van der Waals surface area contributed by atoms with Crippen LogP contribution in [0.3, 0.4) is 0 Å². The van der Waals surface area contributed by atoms with E-state index in [1.165, 1.54) is 0 Å². The van der Waals surface area contributed by atoms with Gasteiger partial charge in [-0.05, 0) is 0 Å². The molecule has 6 heavy (non-hydrogen) atoms. The molecule has 0 aliphatic carbocycles. The maximum atomic E-state index is 2.99. The molecule has 0 spiro atoms. The van der Waals surface area contributed by atoms with E-state index in [2.05, 4.69) is 16.2 Å². The summed E-state index contributed by atoms with van der Waals surface area (Å²) < 4.78 is 0. The van der Waals surface area contributed by atoms with Crippen LogP contribution in [0.4, 0.5) is 0 Å². The molecule has 1 fully saturated rings. The fourth-order valence-electron chi connectivity index (χ4n) is 0.381. The lowest BCUT2D eigenvalue weighted by Crippen LogP contribution is -2.45. The second kappa shape index (κ2) is 2.12. The number of hydrogen-bond donors (Lipinski definition) is 3. The van der Waals surface area contributed by atoms with Crippen molar-refractivity contribution in [3.8, 4) is 0 Å². The van der Waals surface area contributed by atoms with E-state index in [1.807, 2.05) is 0 Å². The van der Waals surface area contributed by atoms with Crippen LogP contribution in [0.15, 0.2) is 0 Å². The summed E-state index contributed by atoms with van der Waals surface area (Å²) in [6.45, 7) is 3.80. The van der Waals surface area contributed by atoms with Crippen molar-refractivity contribution in [2.45, 2.75) is 0 Å². The third-order valence-corrected chi connectivity index (χ3v) is 0.671. The maximum absolute atomic E-state index is 2.99. The number of hydrazine groups is 1. The highest BCUT2D eigenvalue weighted by Gasteiger charge is 1.90. The summed E-state index contributed by atoms with van der Waals surface area (Å²) in [6.07, 6.45) is 0. The Morgan fingerprint density at radius 1 is 1.33 bits per heavy atom. The number of nitrogens with one attached hydrogen (secondary N) is 3. The molecule has 0 atom stereocenters. The van der Waals surface area contributed by atoms with Crippen LogP contribution in [-0.2, 0) is 0 Å². The molecule has 1 aliphatic rings. The minimum absolute atomic E-state index is 0.997. The van der Waals surface area contributed by atoms with Gasteiger partial charge in [0, 0.05) is 13.1 Å². The zero-order valence-electron chi connectivity index (χ0n) is 3.49. The molecule has 0 aromatic carbocycles. The van der Waals surface area contributed by atoms with Crippen molar-refractivity contribution in [3.63, 3.8) is 0 Å². The monoisotopic (exact) mass is 86.1 g/mol. The quantitative estimate of drug-likeness (QED) is 0.346. The summed E-state index contributed by atoms with van der Waals surface area (Å²) in [5.41, 5.74) is 5.72. The SMILES string of the molecule is [CH]1NCCNN1. The molecule has 1 saturated heterocycles. The van der Waals surface area contributed by atoms with Crippen LogP contribution in [0.2, 0.25) is 0 Å². The van der Waals surface area contributed by atoms with E-state index < -0.39 is 0 Å². The molecule has 0 aromatic heterocycles. The second-order valence-corrected chi connectivity index (χ2v) is 1.17. The van der Waals surface area contributed by atoms with E-state index in [4.69, 9.17) is 0 Å². The Hall–Kier alpha value is -0.120. The van der Waals surface area contributed by atoms with Crippen LogP contribution in [0.1, 0.15) is 0 Å². The average Bonchev–Trinajstić information content (AvgIpc) is 1.72. The van der Waals surface area contributed by atoms with Crippen LogP contribution >= 0.6 is 0 Å². The first kappa shape index (κ1) is 4.05. The molecule has 0 saturated carbocycles. The Labute approximate surface area is 37.1 Å². The van der Waals surface area contributed by atoms with Crippen LogP contribution in [0.5, 0.6) is 0 Å². The lowest BCUT2D eigenvalue weighted by atomic mass is 10.6. The Bertz CT molecular complexity index is 21.5. The molecular formula is C3H8N3. The van der Waals surface area contributed by atoms with Crippen LogP contribution in [0.25, 0.3) is 0 Å². The van der Waals surface area contributed by atoms with Crippen molar-refractivity contribution >= 4 is 0 Å². The summed E-state index contributed by atoms with van der Waals surface area (Å²) in [7, 11) is 0. The largest absolute Gasteiger partial charge is 0.297 e. The van der Waals surface area contributed by atoms with E-state index in [1.54, 1.807) is 6.67 Å². The molecular weight excluding hydrogens is 78.1 g/mol. The Morgan fingerprint density at radius 3 is 2.50 bits per heavy atom. The van der Waals surface area contributed by atoms with Gasteiger partial charge in [0.15, 0.2) is 0 Å². The summed E-state index contributed by atoms with van der Waals surface area (Å²) in [5, 5.41) is 2.99. The standard InChI is InChI=1S/C3H8N3/c1-2-5-6-3-4-1/h3-6H,1-2H2. The van der Waals surface area contributed by atoms with Crippen molar-refractivity contribution in [1.82, 2.24) is 16.2 Å². The topological polar surface area (TPSA) is 36.1 Å². The molecule has 3 N–H and O–H groups in total. The molecule has 1 aliphatic heterocycles. The molecule has 35 valence electrons. The smallest absolute Gasteiger partial charge is 0.100 e. The van der Waals surface area contributed by atoms with Crippen LogP contribution in [0, 0.1) is 6.67 Å². The Morgan fingerprint density at radius 2 is 2.33 bits per heavy atom. The molecule has 3 nitrogen and oxygen atoms in total. The van der Waals surface area contributed by atoms with Crippen molar-refractivity contribution < 1.29 is 0 Å². The van der Waals surface area contributed by atoms with Crippen molar-refractivity contribution in [2.24, 2.45) is 0 Å². The highest BCUT2D eigenvalue weighted by Crippen LogP contribution is 1.63. The van der Waals surface area contributed by atoms with E-state index in [0.717, 1.165) is 13.1 Å². The van der Waals surface area contributed by atoms with Gasteiger partial charge in [-0.3, -0.25) is 10.7 Å². The van der Waals surface area contributed by atoms with E-state index in [-0.39, 0.29) is 0 Å². The van der Waals surface area contributed by atoms with Gasteiger partial charge < -0.3 is 0 Å². The van der Waals surface area contributed by atoms with E-state index in [0.29, 0.717) is 0 Å². The van der Waals surface area contributed by atoms with Gasteiger partial charge in [-0.15, -0.1) is 0 Å². The Kier molecular flexibility index (Phi) is 1.43. The van der Waals surface area contributed by atoms with Crippen LogP contribution < -0.4 is 16.2 Å². The zero-order valence-corrected chi connectivity index (χ0v) is 3.49. The lowest BCUT2D eigenvalue weighted by molar-refractivity contribution is 0.485. The lowest BCUT2D eigenvalue weighted by Gasteiger charge is -2.12. The third-order valence-electron chi connectivity index (χ3n) is 0.671. The van der Waals surface area contributed by atoms with Gasteiger partial charge in [0.2, 0.25) is 0 Å². The number of rotatable bonds is 0. The van der Waals surface area contributed by atoms with Gasteiger partial charge in [-0.1, -0.05) is 0 Å². The van der Waals surface area contributed by atoms with Gasteiger partial charge in [-0.25, -0.2) is 5.43 Å². The molecule has 0 bridgehead atoms. The second-order valence-electron chi connectivity index (χ2n) is 1.17. The van der Waals surface area contributed by atoms with Gasteiger partial charge >= 0.3 is 0 Å². The normalized spacial score (nSPS) is 24.0. The summed E-state index contributed by atoms with van der Waals surface area (Å²) in [6, 6.07) is 0. The molecule has 0 aromatic rings. The predicted molar refractivity (Wildman–Crippen MR) is 23.4 cm³/mol. The maximum Gasteiger partial charge on any atom is 0.100 e. The molecule has 1 heterocycles.